The van der Waals surface area contributed by atoms with Crippen LogP contribution in [0.1, 0.15) is 32.8 Å². The minimum atomic E-state index is -1.01. The van der Waals surface area contributed by atoms with E-state index >= 15 is 0 Å². The molecule has 142 valence electrons. The number of hydrogen-bond donors (Lipinski definition) is 2. The van der Waals surface area contributed by atoms with E-state index in [0.717, 1.165) is 10.5 Å². The standard InChI is InChI=1S/C19H26N2O5/c1-5-7-13-8-9-15(16(10-13)25-4)26-12-14(22)11-21-17(23)19(3,6-2)20-18(21)24/h5,7-10,14,22H,6,11-12H2,1-4H3,(H,20,24)/b7-5+. The Labute approximate surface area is 153 Å². The number of carbonyl (C=O) groups is 2. The quantitative estimate of drug-likeness (QED) is 0.692. The highest BCUT2D eigenvalue weighted by atomic mass is 16.5. The molecule has 2 N–H and O–H groups in total. The van der Waals surface area contributed by atoms with E-state index in [1.807, 2.05) is 38.1 Å². The zero-order valence-corrected chi connectivity index (χ0v) is 15.6. The molecule has 1 aromatic carbocycles. The normalized spacial score (nSPS) is 21.2. The van der Waals surface area contributed by atoms with Gasteiger partial charge in [-0.2, -0.15) is 0 Å². The molecule has 0 aliphatic carbocycles. The predicted molar refractivity (Wildman–Crippen MR) is 98.1 cm³/mol. The van der Waals surface area contributed by atoms with E-state index in [1.54, 1.807) is 13.0 Å². The fourth-order valence-electron chi connectivity index (χ4n) is 2.70. The first-order valence-electron chi connectivity index (χ1n) is 8.60. The molecule has 7 nitrogen and oxygen atoms in total. The van der Waals surface area contributed by atoms with Crippen LogP contribution in [0.2, 0.25) is 0 Å². The maximum absolute atomic E-state index is 12.3. The number of aliphatic hydroxyl groups excluding tert-OH is 1. The molecule has 2 atom stereocenters. The van der Waals surface area contributed by atoms with Gasteiger partial charge in [0.2, 0.25) is 0 Å². The fourth-order valence-corrected chi connectivity index (χ4v) is 2.70. The molecule has 7 heteroatoms. The summed E-state index contributed by atoms with van der Waals surface area (Å²) in [5.74, 6) is 0.689. The molecule has 0 spiro atoms. The number of methoxy groups -OCH3 is 1. The number of amides is 3. The van der Waals surface area contributed by atoms with Crippen LogP contribution in [0.4, 0.5) is 4.79 Å². The van der Waals surface area contributed by atoms with Gasteiger partial charge in [-0.3, -0.25) is 9.69 Å². The van der Waals surface area contributed by atoms with Gasteiger partial charge in [0, 0.05) is 0 Å². The zero-order valence-electron chi connectivity index (χ0n) is 15.6. The minimum absolute atomic E-state index is 0.0702. The largest absolute Gasteiger partial charge is 0.493 e. The van der Waals surface area contributed by atoms with Gasteiger partial charge >= 0.3 is 6.03 Å². The molecule has 1 aliphatic rings. The van der Waals surface area contributed by atoms with Gasteiger partial charge in [-0.05, 0) is 38.0 Å². The number of ether oxygens (including phenoxy) is 2. The van der Waals surface area contributed by atoms with Gasteiger partial charge in [0.25, 0.3) is 5.91 Å². The Bertz CT molecular complexity index is 703. The lowest BCUT2D eigenvalue weighted by atomic mass is 9.99. The Balaban J connectivity index is 1.98. The van der Waals surface area contributed by atoms with Crippen LogP contribution in [0.3, 0.4) is 0 Å². The average molecular weight is 362 g/mol. The zero-order chi connectivity index (χ0) is 19.3. The van der Waals surface area contributed by atoms with Crippen molar-refractivity contribution in [3.05, 3.63) is 29.8 Å². The van der Waals surface area contributed by atoms with Crippen LogP contribution in [0.25, 0.3) is 6.08 Å². The van der Waals surface area contributed by atoms with Gasteiger partial charge in [-0.15, -0.1) is 0 Å². The third-order valence-electron chi connectivity index (χ3n) is 4.42. The molecule has 0 aromatic heterocycles. The fraction of sp³-hybridized carbons (Fsp3) is 0.474. The van der Waals surface area contributed by atoms with Crippen molar-refractivity contribution in [2.24, 2.45) is 0 Å². The highest BCUT2D eigenvalue weighted by Crippen LogP contribution is 2.29. The second kappa shape index (κ2) is 8.23. The summed E-state index contributed by atoms with van der Waals surface area (Å²) in [4.78, 5) is 25.4. The molecule has 1 aliphatic heterocycles. The molecule has 0 radical (unpaired) electrons. The number of nitrogens with zero attached hydrogens (tertiary/aromatic N) is 1. The Hall–Kier alpha value is -2.54. The van der Waals surface area contributed by atoms with Gasteiger partial charge in [-0.1, -0.05) is 25.1 Å². The highest BCUT2D eigenvalue weighted by Gasteiger charge is 2.46. The molecule has 2 rings (SSSR count). The molecule has 1 aromatic rings. The number of hydrogen-bond acceptors (Lipinski definition) is 5. The van der Waals surface area contributed by atoms with Crippen LogP contribution in [-0.2, 0) is 4.79 Å². The monoisotopic (exact) mass is 362 g/mol. The SMILES string of the molecule is C/C=C/c1ccc(OCC(O)CN2C(=O)NC(C)(CC)C2=O)c(OC)c1. The Morgan fingerprint density at radius 3 is 2.65 bits per heavy atom. The maximum atomic E-state index is 12.3. The number of benzene rings is 1. The first-order chi connectivity index (χ1) is 12.3. The van der Waals surface area contributed by atoms with Crippen LogP contribution >= 0.6 is 0 Å². The van der Waals surface area contributed by atoms with Gasteiger partial charge < -0.3 is 19.9 Å². The number of aliphatic hydroxyl groups is 1. The number of β-amino-alcohol motifs (C(OH)–C–C–N with tert-alkyl or cyclic N) is 1. The van der Waals surface area contributed by atoms with E-state index in [4.69, 9.17) is 9.47 Å². The molecular weight excluding hydrogens is 336 g/mol. The highest BCUT2D eigenvalue weighted by molar-refractivity contribution is 6.06. The van der Waals surface area contributed by atoms with E-state index in [9.17, 15) is 14.7 Å². The summed E-state index contributed by atoms with van der Waals surface area (Å²) >= 11 is 0. The molecule has 1 heterocycles. The lowest BCUT2D eigenvalue weighted by molar-refractivity contribution is -0.132. The third kappa shape index (κ3) is 4.16. The van der Waals surface area contributed by atoms with Crippen molar-refractivity contribution in [3.8, 4) is 11.5 Å². The maximum Gasteiger partial charge on any atom is 0.325 e. The van der Waals surface area contributed by atoms with Crippen molar-refractivity contribution in [2.75, 3.05) is 20.3 Å². The molecule has 0 saturated carbocycles. The van der Waals surface area contributed by atoms with Gasteiger partial charge in [0.1, 0.15) is 18.2 Å². The number of carbonyl (C=O) groups excluding carboxylic acids is 2. The Morgan fingerprint density at radius 1 is 1.35 bits per heavy atom. The minimum Gasteiger partial charge on any atom is -0.493 e. The van der Waals surface area contributed by atoms with Gasteiger partial charge in [0.05, 0.1) is 13.7 Å². The smallest absolute Gasteiger partial charge is 0.325 e. The molecule has 1 fully saturated rings. The summed E-state index contributed by atoms with van der Waals surface area (Å²) in [5.41, 5.74) is 0.0548. The van der Waals surface area contributed by atoms with Gasteiger partial charge in [-0.25, -0.2) is 4.79 Å². The summed E-state index contributed by atoms with van der Waals surface area (Å²) < 4.78 is 10.9. The first-order valence-corrected chi connectivity index (χ1v) is 8.60. The molecule has 2 unspecified atom stereocenters. The van der Waals surface area contributed by atoms with E-state index in [2.05, 4.69) is 5.32 Å². The topological polar surface area (TPSA) is 88.1 Å². The summed E-state index contributed by atoms with van der Waals surface area (Å²) in [6.07, 6.45) is 3.32. The first kappa shape index (κ1) is 19.8. The summed E-state index contributed by atoms with van der Waals surface area (Å²) in [5, 5.41) is 12.9. The van der Waals surface area contributed by atoms with Gasteiger partial charge in [0.15, 0.2) is 11.5 Å². The molecule has 26 heavy (non-hydrogen) atoms. The molecular formula is C19H26N2O5. The van der Waals surface area contributed by atoms with E-state index in [1.165, 1.54) is 7.11 Å². The lowest BCUT2D eigenvalue weighted by Gasteiger charge is -2.21. The second-order valence-electron chi connectivity index (χ2n) is 6.41. The summed E-state index contributed by atoms with van der Waals surface area (Å²) in [6, 6.07) is 4.95. The summed E-state index contributed by atoms with van der Waals surface area (Å²) in [7, 11) is 1.54. The van der Waals surface area contributed by atoms with Crippen molar-refractivity contribution >= 4 is 18.0 Å². The summed E-state index contributed by atoms with van der Waals surface area (Å²) in [6.45, 7) is 5.23. The number of rotatable bonds is 8. The second-order valence-corrected chi connectivity index (χ2v) is 6.41. The van der Waals surface area contributed by atoms with Crippen LogP contribution in [0, 0.1) is 0 Å². The number of imide groups is 1. The van der Waals surface area contributed by atoms with E-state index < -0.39 is 17.7 Å². The molecule has 3 amide bonds. The van der Waals surface area contributed by atoms with Crippen LogP contribution < -0.4 is 14.8 Å². The van der Waals surface area contributed by atoms with Crippen LogP contribution in [0.5, 0.6) is 11.5 Å². The molecule has 1 saturated heterocycles. The Kier molecular flexibility index (Phi) is 6.26. The number of nitrogens with one attached hydrogen (secondary N) is 1. The van der Waals surface area contributed by atoms with Crippen molar-refractivity contribution in [1.82, 2.24) is 10.2 Å². The van der Waals surface area contributed by atoms with Crippen molar-refractivity contribution in [1.29, 1.82) is 0 Å². The van der Waals surface area contributed by atoms with Crippen LogP contribution in [0.15, 0.2) is 24.3 Å². The van der Waals surface area contributed by atoms with E-state index in [0.29, 0.717) is 17.9 Å². The Morgan fingerprint density at radius 2 is 2.08 bits per heavy atom. The predicted octanol–water partition coefficient (Wildman–Crippen LogP) is 2.19. The lowest BCUT2D eigenvalue weighted by Crippen LogP contribution is -2.44. The van der Waals surface area contributed by atoms with Crippen molar-refractivity contribution in [3.63, 3.8) is 0 Å². The van der Waals surface area contributed by atoms with E-state index in [-0.39, 0.29) is 19.1 Å². The molecule has 0 bridgehead atoms. The van der Waals surface area contributed by atoms with Crippen LogP contribution in [-0.4, -0.2) is 53.8 Å². The number of allylic oxidation sites excluding steroid dienone is 1. The number of urea groups is 1. The van der Waals surface area contributed by atoms with Crippen molar-refractivity contribution < 1.29 is 24.2 Å². The van der Waals surface area contributed by atoms with Crippen molar-refractivity contribution in [2.45, 2.75) is 38.8 Å². The average Bonchev–Trinajstić information content (AvgIpc) is 2.84. The third-order valence-corrected chi connectivity index (χ3v) is 4.42.